The number of hydrogen-bond acceptors (Lipinski definition) is 9. The van der Waals surface area contributed by atoms with Crippen molar-refractivity contribution in [3.8, 4) is 0 Å². The number of rotatable bonds is 33. The first-order valence-electron chi connectivity index (χ1n) is 21.9. The van der Waals surface area contributed by atoms with Crippen molar-refractivity contribution in [2.24, 2.45) is 0 Å². The molecular weight excluding hydrogens is 709 g/mol. The molecule has 1 saturated heterocycles. The third-order valence-corrected chi connectivity index (χ3v) is 9.74. The fourth-order valence-corrected chi connectivity index (χ4v) is 6.62. The molecule has 1 aliphatic heterocycles. The standard InChI is InChI=1S/C46H76N2O8/c1-5-8-11-14-16-21-32-52-45(53-33-22-17-15-12-9-6-2)27-26-44(50)55-38-41-35-39(4)34-40(36-41)37-54-43(49)25-24-42(23-18-13-10-7-3)56-46(51)47-28-31-48-29-19-20-30-48/h8-9,11-12,34-36,42,45H,5-7,10,13-33,37-38H2,1-4H3,(H,47,51)/b11-8-,12-9-. The molecule has 0 spiro atoms. The minimum absolute atomic E-state index is 0.112. The number of ether oxygens (including phenoxy) is 5. The Labute approximate surface area is 339 Å². The van der Waals surface area contributed by atoms with Gasteiger partial charge in [0.15, 0.2) is 6.29 Å². The SMILES string of the molecule is CC/C=C\CCCCOC(CCC(=O)OCc1cc(C)cc(COC(=O)CCC(CCCCCC)OC(=O)NCCN2CCCC2)c1)OCCCC/C=C\CC. The van der Waals surface area contributed by atoms with Crippen LogP contribution in [0.15, 0.2) is 42.5 Å². The summed E-state index contributed by atoms with van der Waals surface area (Å²) < 4.78 is 29.1. The number of allylic oxidation sites excluding steroid dienone is 4. The first-order chi connectivity index (χ1) is 27.3. The lowest BCUT2D eigenvalue weighted by atomic mass is 10.1. The fourth-order valence-electron chi connectivity index (χ4n) is 6.62. The highest BCUT2D eigenvalue weighted by Crippen LogP contribution is 2.17. The summed E-state index contributed by atoms with van der Waals surface area (Å²) in [5.74, 6) is -0.644. The van der Waals surface area contributed by atoms with Gasteiger partial charge in [-0.05, 0) is 121 Å². The summed E-state index contributed by atoms with van der Waals surface area (Å²) in [5, 5.41) is 2.88. The predicted molar refractivity (Wildman–Crippen MR) is 224 cm³/mol. The van der Waals surface area contributed by atoms with Crippen LogP contribution in [0.1, 0.15) is 159 Å². The van der Waals surface area contributed by atoms with Gasteiger partial charge in [-0.3, -0.25) is 9.59 Å². The number of alkyl carbamates (subject to hydrolysis) is 1. The second kappa shape index (κ2) is 32.8. The topological polar surface area (TPSA) is 113 Å². The highest BCUT2D eigenvalue weighted by atomic mass is 16.7. The minimum atomic E-state index is -0.440. The van der Waals surface area contributed by atoms with E-state index in [1.165, 1.54) is 12.8 Å². The molecule has 0 saturated carbocycles. The smallest absolute Gasteiger partial charge is 0.407 e. The molecule has 56 heavy (non-hydrogen) atoms. The summed E-state index contributed by atoms with van der Waals surface area (Å²) >= 11 is 0. The molecule has 0 radical (unpaired) electrons. The Bertz CT molecular complexity index is 1220. The Morgan fingerprint density at radius 3 is 1.88 bits per heavy atom. The maximum absolute atomic E-state index is 12.8. The molecular formula is C46H76N2O8. The lowest BCUT2D eigenvalue weighted by molar-refractivity contribution is -0.160. The van der Waals surface area contributed by atoms with Gasteiger partial charge in [-0.25, -0.2) is 4.79 Å². The molecule has 0 aliphatic carbocycles. The molecule has 1 atom stereocenters. The van der Waals surface area contributed by atoms with E-state index in [0.29, 0.717) is 32.6 Å². The van der Waals surface area contributed by atoms with Gasteiger partial charge in [0.25, 0.3) is 0 Å². The molecule has 10 heteroatoms. The fraction of sp³-hybridized carbons (Fsp3) is 0.717. The van der Waals surface area contributed by atoms with Crippen LogP contribution in [-0.4, -0.2) is 74.7 Å². The normalized spacial score (nSPS) is 13.9. The third kappa shape index (κ3) is 25.9. The monoisotopic (exact) mass is 785 g/mol. The van der Waals surface area contributed by atoms with E-state index in [2.05, 4.69) is 55.3 Å². The van der Waals surface area contributed by atoms with E-state index in [0.717, 1.165) is 120 Å². The molecule has 1 amide bonds. The number of esters is 2. The van der Waals surface area contributed by atoms with E-state index < -0.39 is 12.4 Å². The zero-order valence-corrected chi connectivity index (χ0v) is 35.5. The highest BCUT2D eigenvalue weighted by Gasteiger charge is 2.18. The number of nitrogens with zero attached hydrogens (tertiary/aromatic N) is 1. The Morgan fingerprint density at radius 2 is 1.30 bits per heavy atom. The maximum atomic E-state index is 12.8. The second-order valence-corrected chi connectivity index (χ2v) is 15.0. The van der Waals surface area contributed by atoms with E-state index in [9.17, 15) is 14.4 Å². The van der Waals surface area contributed by atoms with Crippen molar-refractivity contribution >= 4 is 18.0 Å². The first kappa shape index (κ1) is 48.9. The number of aryl methyl sites for hydroxylation is 1. The summed E-state index contributed by atoms with van der Waals surface area (Å²) in [7, 11) is 0. The molecule has 0 aromatic heterocycles. The molecule has 1 N–H and O–H groups in total. The zero-order valence-electron chi connectivity index (χ0n) is 35.5. The number of amides is 1. The van der Waals surface area contributed by atoms with E-state index in [1.54, 1.807) is 0 Å². The van der Waals surface area contributed by atoms with Crippen molar-refractivity contribution in [1.29, 1.82) is 0 Å². The molecule has 1 heterocycles. The zero-order chi connectivity index (χ0) is 40.5. The van der Waals surface area contributed by atoms with Gasteiger partial charge >= 0.3 is 18.0 Å². The van der Waals surface area contributed by atoms with Crippen LogP contribution in [0, 0.1) is 6.92 Å². The average Bonchev–Trinajstić information content (AvgIpc) is 3.71. The van der Waals surface area contributed by atoms with Crippen molar-refractivity contribution < 1.29 is 38.1 Å². The number of nitrogens with one attached hydrogen (secondary N) is 1. The Balaban J connectivity index is 1.79. The van der Waals surface area contributed by atoms with Crippen LogP contribution in [0.2, 0.25) is 0 Å². The number of benzene rings is 1. The largest absolute Gasteiger partial charge is 0.461 e. The minimum Gasteiger partial charge on any atom is -0.461 e. The molecule has 0 bridgehead atoms. The van der Waals surface area contributed by atoms with E-state index in [4.69, 9.17) is 23.7 Å². The van der Waals surface area contributed by atoms with Gasteiger partial charge < -0.3 is 33.9 Å². The lowest BCUT2D eigenvalue weighted by Gasteiger charge is -2.19. The number of likely N-dealkylation sites (tertiary alicyclic amines) is 1. The van der Waals surface area contributed by atoms with Crippen molar-refractivity contribution in [1.82, 2.24) is 10.2 Å². The molecule has 2 rings (SSSR count). The van der Waals surface area contributed by atoms with Crippen LogP contribution in [0.5, 0.6) is 0 Å². The molecule has 1 aliphatic rings. The van der Waals surface area contributed by atoms with Crippen LogP contribution in [0.25, 0.3) is 0 Å². The predicted octanol–water partition coefficient (Wildman–Crippen LogP) is 10.4. The van der Waals surface area contributed by atoms with Gasteiger partial charge in [-0.15, -0.1) is 0 Å². The Hall–Kier alpha value is -3.21. The van der Waals surface area contributed by atoms with E-state index in [1.807, 2.05) is 25.1 Å². The number of unbranched alkanes of at least 4 members (excludes halogenated alkanes) is 7. The van der Waals surface area contributed by atoms with E-state index in [-0.39, 0.29) is 44.1 Å². The summed E-state index contributed by atoms with van der Waals surface area (Å²) in [6.45, 7) is 13.4. The lowest BCUT2D eigenvalue weighted by Crippen LogP contribution is -2.35. The molecule has 1 aromatic rings. The molecule has 1 aromatic carbocycles. The molecule has 1 fully saturated rings. The van der Waals surface area contributed by atoms with Crippen LogP contribution in [-0.2, 0) is 46.5 Å². The maximum Gasteiger partial charge on any atom is 0.407 e. The van der Waals surface area contributed by atoms with Crippen molar-refractivity contribution in [3.63, 3.8) is 0 Å². The quantitative estimate of drug-likeness (QED) is 0.0245. The number of hydrogen-bond donors (Lipinski definition) is 1. The second-order valence-electron chi connectivity index (χ2n) is 15.0. The highest BCUT2D eigenvalue weighted by molar-refractivity contribution is 5.70. The summed E-state index contributed by atoms with van der Waals surface area (Å²) in [4.78, 5) is 40.5. The van der Waals surface area contributed by atoms with Crippen LogP contribution < -0.4 is 5.32 Å². The third-order valence-electron chi connectivity index (χ3n) is 9.74. The van der Waals surface area contributed by atoms with Gasteiger partial charge in [0.2, 0.25) is 0 Å². The van der Waals surface area contributed by atoms with Gasteiger partial charge in [0, 0.05) is 39.1 Å². The van der Waals surface area contributed by atoms with Crippen LogP contribution in [0.4, 0.5) is 4.79 Å². The van der Waals surface area contributed by atoms with E-state index >= 15 is 0 Å². The van der Waals surface area contributed by atoms with Gasteiger partial charge in [0.05, 0.1) is 6.42 Å². The Morgan fingerprint density at radius 1 is 0.714 bits per heavy atom. The summed E-state index contributed by atoms with van der Waals surface area (Å²) in [6, 6.07) is 5.83. The molecule has 10 nitrogen and oxygen atoms in total. The van der Waals surface area contributed by atoms with Gasteiger partial charge in [0.1, 0.15) is 19.3 Å². The Kier molecular flexibility index (Phi) is 28.7. The average molecular weight is 785 g/mol. The van der Waals surface area contributed by atoms with Crippen molar-refractivity contribution in [2.75, 3.05) is 39.4 Å². The van der Waals surface area contributed by atoms with Crippen LogP contribution in [0.3, 0.4) is 0 Å². The summed E-state index contributed by atoms with van der Waals surface area (Å²) in [5.41, 5.74) is 2.64. The first-order valence-corrected chi connectivity index (χ1v) is 21.9. The number of carbonyl (C=O) groups is 3. The molecule has 1 unspecified atom stereocenters. The summed E-state index contributed by atoms with van der Waals surface area (Å²) in [6.07, 6.45) is 24.4. The van der Waals surface area contributed by atoms with Crippen LogP contribution >= 0.6 is 0 Å². The van der Waals surface area contributed by atoms with Crippen molar-refractivity contribution in [2.45, 2.75) is 175 Å². The van der Waals surface area contributed by atoms with Gasteiger partial charge in [-0.2, -0.15) is 0 Å². The number of carbonyl (C=O) groups excluding carboxylic acids is 3. The van der Waals surface area contributed by atoms with Crippen molar-refractivity contribution in [3.05, 3.63) is 59.2 Å². The molecule has 318 valence electrons. The van der Waals surface area contributed by atoms with Gasteiger partial charge in [-0.1, -0.05) is 82.0 Å².